The van der Waals surface area contributed by atoms with Crippen molar-refractivity contribution >= 4 is 18.3 Å². The maximum Gasteiger partial charge on any atom is 0.334 e. The first-order valence-electron chi connectivity index (χ1n) is 5.04. The van der Waals surface area contributed by atoms with Crippen LogP contribution in [-0.2, 0) is 6.54 Å². The Hall–Kier alpha value is -1.30. The van der Waals surface area contributed by atoms with E-state index in [1.807, 2.05) is 6.92 Å². The van der Waals surface area contributed by atoms with Crippen molar-refractivity contribution in [3.63, 3.8) is 0 Å². The van der Waals surface area contributed by atoms with Crippen LogP contribution in [0.15, 0.2) is 23.1 Å². The Morgan fingerprint density at radius 2 is 2.31 bits per heavy atom. The lowest BCUT2D eigenvalue weighted by atomic mass is 10.1. The maximum absolute atomic E-state index is 11.7. The lowest BCUT2D eigenvalue weighted by Crippen LogP contribution is -2.25. The lowest BCUT2D eigenvalue weighted by Gasteiger charge is -2.13. The molecule has 0 bridgehead atoms. The van der Waals surface area contributed by atoms with Crippen LogP contribution < -0.4 is 5.56 Å². The fourth-order valence-corrected chi connectivity index (χ4v) is 1.77. The fourth-order valence-electron chi connectivity index (χ4n) is 1.40. The van der Waals surface area contributed by atoms with Crippen LogP contribution >= 0.6 is 12.6 Å². The van der Waals surface area contributed by atoms with Crippen LogP contribution in [0.1, 0.15) is 13.3 Å². The first-order chi connectivity index (χ1) is 7.60. The molecule has 0 amide bonds. The molecule has 1 aromatic heterocycles. The lowest BCUT2D eigenvalue weighted by molar-refractivity contribution is -0.386. The highest BCUT2D eigenvalue weighted by Crippen LogP contribution is 2.09. The van der Waals surface area contributed by atoms with Gasteiger partial charge in [-0.3, -0.25) is 14.9 Å². The third-order valence-electron chi connectivity index (χ3n) is 2.49. The van der Waals surface area contributed by atoms with Gasteiger partial charge in [0, 0.05) is 18.8 Å². The van der Waals surface area contributed by atoms with Gasteiger partial charge in [0.1, 0.15) is 0 Å². The number of hydrogen-bond donors (Lipinski definition) is 1. The van der Waals surface area contributed by atoms with Crippen molar-refractivity contribution in [1.29, 1.82) is 0 Å². The van der Waals surface area contributed by atoms with E-state index in [1.165, 1.54) is 16.7 Å². The van der Waals surface area contributed by atoms with E-state index < -0.39 is 10.5 Å². The summed E-state index contributed by atoms with van der Waals surface area (Å²) in [5, 5.41) is 10.6. The zero-order chi connectivity index (χ0) is 12.1. The summed E-state index contributed by atoms with van der Waals surface area (Å²) in [5.74, 6) is 0.911. The molecule has 0 N–H and O–H groups in total. The molecule has 0 aliphatic carbocycles. The van der Waals surface area contributed by atoms with Crippen LogP contribution in [-0.4, -0.2) is 15.2 Å². The second kappa shape index (κ2) is 5.69. The van der Waals surface area contributed by atoms with Gasteiger partial charge in [-0.15, -0.1) is 0 Å². The van der Waals surface area contributed by atoms with Crippen LogP contribution in [0.4, 0.5) is 5.69 Å². The molecule has 0 spiro atoms. The normalized spacial score (nSPS) is 12.4. The topological polar surface area (TPSA) is 65.1 Å². The molecule has 1 atom stereocenters. The van der Waals surface area contributed by atoms with E-state index in [4.69, 9.17) is 0 Å². The van der Waals surface area contributed by atoms with Crippen molar-refractivity contribution in [2.45, 2.75) is 19.9 Å². The van der Waals surface area contributed by atoms with Gasteiger partial charge in [0.2, 0.25) is 0 Å². The summed E-state index contributed by atoms with van der Waals surface area (Å²) in [5.41, 5.74) is -0.927. The van der Waals surface area contributed by atoms with E-state index >= 15 is 0 Å². The predicted octanol–water partition coefficient (Wildman–Crippen LogP) is 1.71. The van der Waals surface area contributed by atoms with Crippen molar-refractivity contribution in [2.75, 3.05) is 5.75 Å². The van der Waals surface area contributed by atoms with Crippen LogP contribution in [0.3, 0.4) is 0 Å². The minimum atomic E-state index is -0.652. The van der Waals surface area contributed by atoms with E-state index in [2.05, 4.69) is 12.6 Å². The van der Waals surface area contributed by atoms with Gasteiger partial charge in [0.15, 0.2) is 0 Å². The van der Waals surface area contributed by atoms with E-state index in [0.717, 1.165) is 6.42 Å². The van der Waals surface area contributed by atoms with E-state index in [0.29, 0.717) is 12.3 Å². The largest absolute Gasteiger partial charge is 0.334 e. The van der Waals surface area contributed by atoms with E-state index in [1.54, 1.807) is 6.20 Å². The molecule has 6 heteroatoms. The number of rotatable bonds is 5. The smallest absolute Gasteiger partial charge is 0.309 e. The number of hydrogen-bond acceptors (Lipinski definition) is 4. The molecule has 0 aliphatic rings. The Kier molecular flexibility index (Phi) is 4.54. The van der Waals surface area contributed by atoms with Crippen molar-refractivity contribution in [2.24, 2.45) is 5.92 Å². The molecule has 0 aromatic carbocycles. The molecular weight excluding hydrogens is 228 g/mol. The second-order valence-corrected chi connectivity index (χ2v) is 3.93. The molecule has 1 heterocycles. The standard InChI is InChI=1S/C10H14N2O3S/c1-2-8(7-16)6-11-5-3-4-9(10(11)13)12(14)15/h3-5,8,16H,2,6-7H2,1H3. The third-order valence-corrected chi connectivity index (χ3v) is 3.00. The van der Waals surface area contributed by atoms with Crippen molar-refractivity contribution in [3.05, 3.63) is 38.8 Å². The van der Waals surface area contributed by atoms with Gasteiger partial charge in [-0.05, 0) is 17.7 Å². The first kappa shape index (κ1) is 12.8. The van der Waals surface area contributed by atoms with Crippen LogP contribution in [0.25, 0.3) is 0 Å². The Labute approximate surface area is 98.7 Å². The second-order valence-electron chi connectivity index (χ2n) is 3.56. The zero-order valence-electron chi connectivity index (χ0n) is 9.00. The SMILES string of the molecule is CCC(CS)Cn1cccc([N+](=O)[O-])c1=O. The van der Waals surface area contributed by atoms with Crippen LogP contribution in [0.5, 0.6) is 0 Å². The molecule has 88 valence electrons. The van der Waals surface area contributed by atoms with Gasteiger partial charge in [0.25, 0.3) is 0 Å². The van der Waals surface area contributed by atoms with E-state index in [-0.39, 0.29) is 11.6 Å². The monoisotopic (exact) mass is 242 g/mol. The molecule has 1 aromatic rings. The third kappa shape index (κ3) is 2.85. The minimum Gasteiger partial charge on any atom is -0.309 e. The molecule has 0 fully saturated rings. The molecule has 0 saturated carbocycles. The Morgan fingerprint density at radius 3 is 2.81 bits per heavy atom. The van der Waals surface area contributed by atoms with Gasteiger partial charge < -0.3 is 4.57 Å². The molecular formula is C10H14N2O3S. The molecule has 16 heavy (non-hydrogen) atoms. The Bertz CT molecular complexity index is 426. The molecule has 5 nitrogen and oxygen atoms in total. The predicted molar refractivity (Wildman–Crippen MR) is 65.0 cm³/mol. The molecule has 1 unspecified atom stereocenters. The number of nitrogens with zero attached hydrogens (tertiary/aromatic N) is 2. The summed E-state index contributed by atoms with van der Waals surface area (Å²) in [7, 11) is 0. The molecule has 1 rings (SSSR count). The van der Waals surface area contributed by atoms with Crippen LogP contribution in [0, 0.1) is 16.0 Å². The number of pyridine rings is 1. The maximum atomic E-state index is 11.7. The van der Waals surface area contributed by atoms with Gasteiger partial charge in [0.05, 0.1) is 4.92 Å². The number of thiol groups is 1. The van der Waals surface area contributed by atoms with Gasteiger partial charge >= 0.3 is 11.2 Å². The summed E-state index contributed by atoms with van der Waals surface area (Å²) >= 11 is 4.18. The summed E-state index contributed by atoms with van der Waals surface area (Å²) in [6.45, 7) is 2.48. The molecule has 0 radical (unpaired) electrons. The van der Waals surface area contributed by atoms with Crippen molar-refractivity contribution < 1.29 is 4.92 Å². The molecule has 0 aliphatic heterocycles. The Morgan fingerprint density at radius 1 is 1.62 bits per heavy atom. The van der Waals surface area contributed by atoms with Crippen molar-refractivity contribution in [3.8, 4) is 0 Å². The van der Waals surface area contributed by atoms with E-state index in [9.17, 15) is 14.9 Å². The number of aromatic nitrogens is 1. The summed E-state index contributed by atoms with van der Waals surface area (Å²) < 4.78 is 1.38. The Balaban J connectivity index is 3.02. The van der Waals surface area contributed by atoms with Gasteiger partial charge in [-0.25, -0.2) is 0 Å². The van der Waals surface area contributed by atoms with Gasteiger partial charge in [-0.2, -0.15) is 12.6 Å². The highest BCUT2D eigenvalue weighted by Gasteiger charge is 2.15. The average molecular weight is 242 g/mol. The van der Waals surface area contributed by atoms with Crippen molar-refractivity contribution in [1.82, 2.24) is 4.57 Å². The summed E-state index contributed by atoms with van der Waals surface area (Å²) in [4.78, 5) is 21.6. The quantitative estimate of drug-likeness (QED) is 0.485. The number of nitro groups is 1. The minimum absolute atomic E-state index is 0.253. The summed E-state index contributed by atoms with van der Waals surface area (Å²) in [6, 6.07) is 2.74. The highest BCUT2D eigenvalue weighted by molar-refractivity contribution is 7.80. The highest BCUT2D eigenvalue weighted by atomic mass is 32.1. The summed E-state index contributed by atoms with van der Waals surface area (Å²) in [6.07, 6.45) is 2.46. The molecule has 0 saturated heterocycles. The first-order valence-corrected chi connectivity index (χ1v) is 5.68. The van der Waals surface area contributed by atoms with Gasteiger partial charge in [-0.1, -0.05) is 13.3 Å². The van der Waals surface area contributed by atoms with Crippen LogP contribution in [0.2, 0.25) is 0 Å². The fraction of sp³-hybridized carbons (Fsp3) is 0.500. The average Bonchev–Trinajstić information content (AvgIpc) is 2.27. The zero-order valence-corrected chi connectivity index (χ0v) is 9.89.